The van der Waals surface area contributed by atoms with E-state index in [0.717, 1.165) is 0 Å². The minimum atomic E-state index is -0.0881. The van der Waals surface area contributed by atoms with E-state index in [2.05, 4.69) is 21.8 Å². The summed E-state index contributed by atoms with van der Waals surface area (Å²) in [6.07, 6.45) is 1.42. The molecule has 0 aromatic carbocycles. The molecule has 1 heterocycles. The van der Waals surface area contributed by atoms with Gasteiger partial charge in [-0.25, -0.2) is 4.98 Å². The second-order valence-corrected chi connectivity index (χ2v) is 2.59. The molecule has 0 amide bonds. The van der Waals surface area contributed by atoms with E-state index in [-0.39, 0.29) is 18.2 Å². The summed E-state index contributed by atoms with van der Waals surface area (Å²) in [7, 11) is 0. The van der Waals surface area contributed by atoms with Crippen molar-refractivity contribution < 1.29 is 5.11 Å². The standard InChI is InChI=1S/C9H9N3O/c1-7(5-13)2-3-8-9(4-10)12-6-11-8/h6-7,13H,5H2,1H3,(H,11,12). The van der Waals surface area contributed by atoms with E-state index in [1.54, 1.807) is 6.92 Å². The Labute approximate surface area is 76.2 Å². The molecule has 0 aliphatic heterocycles. The first kappa shape index (κ1) is 9.31. The van der Waals surface area contributed by atoms with Gasteiger partial charge in [0.05, 0.1) is 12.9 Å². The van der Waals surface area contributed by atoms with E-state index in [1.165, 1.54) is 6.33 Å². The second kappa shape index (κ2) is 4.30. The van der Waals surface area contributed by atoms with Crippen molar-refractivity contribution in [1.29, 1.82) is 5.26 Å². The maximum Gasteiger partial charge on any atom is 0.174 e. The quantitative estimate of drug-likeness (QED) is 0.601. The Morgan fingerprint density at radius 2 is 2.54 bits per heavy atom. The Morgan fingerprint density at radius 1 is 1.77 bits per heavy atom. The van der Waals surface area contributed by atoms with Crippen LogP contribution in [0.4, 0.5) is 0 Å². The number of rotatable bonds is 1. The minimum Gasteiger partial charge on any atom is -0.395 e. The molecule has 1 atom stereocenters. The predicted molar refractivity (Wildman–Crippen MR) is 46.4 cm³/mol. The maximum atomic E-state index is 8.70. The van der Waals surface area contributed by atoms with Crippen LogP contribution in [-0.4, -0.2) is 21.7 Å². The third-order valence-electron chi connectivity index (χ3n) is 1.46. The van der Waals surface area contributed by atoms with Crippen LogP contribution in [0.5, 0.6) is 0 Å². The van der Waals surface area contributed by atoms with Gasteiger partial charge in [0.15, 0.2) is 5.69 Å². The van der Waals surface area contributed by atoms with Crippen molar-refractivity contribution in [1.82, 2.24) is 9.97 Å². The number of H-pyrrole nitrogens is 1. The van der Waals surface area contributed by atoms with Crippen LogP contribution in [0, 0.1) is 29.1 Å². The first-order valence-electron chi connectivity index (χ1n) is 3.83. The van der Waals surface area contributed by atoms with Crippen molar-refractivity contribution >= 4 is 0 Å². The first-order chi connectivity index (χ1) is 6.27. The fourth-order valence-electron chi connectivity index (χ4n) is 0.715. The minimum absolute atomic E-state index is 0.0169. The molecule has 0 fully saturated rings. The summed E-state index contributed by atoms with van der Waals surface area (Å²) in [5.41, 5.74) is 0.792. The summed E-state index contributed by atoms with van der Waals surface area (Å²) >= 11 is 0. The Bertz CT molecular complexity index is 378. The molecular weight excluding hydrogens is 166 g/mol. The number of hydrogen-bond donors (Lipinski definition) is 2. The maximum absolute atomic E-state index is 8.70. The highest BCUT2D eigenvalue weighted by Gasteiger charge is 2.00. The third-order valence-corrected chi connectivity index (χ3v) is 1.46. The number of aliphatic hydroxyl groups is 1. The molecule has 1 aromatic heterocycles. The molecule has 2 N–H and O–H groups in total. The van der Waals surface area contributed by atoms with Crippen molar-refractivity contribution in [2.24, 2.45) is 5.92 Å². The molecule has 0 saturated heterocycles. The number of hydrogen-bond acceptors (Lipinski definition) is 3. The zero-order valence-electron chi connectivity index (χ0n) is 7.20. The second-order valence-electron chi connectivity index (χ2n) is 2.59. The van der Waals surface area contributed by atoms with Crippen LogP contribution in [0.2, 0.25) is 0 Å². The lowest BCUT2D eigenvalue weighted by molar-refractivity contribution is 0.266. The molecular formula is C9H9N3O. The molecule has 0 bridgehead atoms. The normalized spacial score (nSPS) is 11.2. The van der Waals surface area contributed by atoms with Crippen molar-refractivity contribution in [2.45, 2.75) is 6.92 Å². The summed E-state index contributed by atoms with van der Waals surface area (Å²) < 4.78 is 0. The highest BCUT2D eigenvalue weighted by molar-refractivity contribution is 5.38. The Kier molecular flexibility index (Phi) is 3.08. The Hall–Kier alpha value is -1.78. The molecule has 1 aromatic rings. The van der Waals surface area contributed by atoms with Gasteiger partial charge in [-0.2, -0.15) is 5.26 Å². The molecule has 0 aliphatic carbocycles. The molecule has 1 unspecified atom stereocenters. The molecule has 66 valence electrons. The monoisotopic (exact) mass is 175 g/mol. The van der Waals surface area contributed by atoms with Gasteiger partial charge in [-0.15, -0.1) is 0 Å². The van der Waals surface area contributed by atoms with Crippen molar-refractivity contribution in [3.8, 4) is 17.9 Å². The molecule has 0 spiro atoms. The first-order valence-corrected chi connectivity index (χ1v) is 3.83. The van der Waals surface area contributed by atoms with Crippen LogP contribution >= 0.6 is 0 Å². The number of aromatic amines is 1. The average molecular weight is 175 g/mol. The zero-order chi connectivity index (χ0) is 9.68. The van der Waals surface area contributed by atoms with E-state index in [0.29, 0.717) is 5.69 Å². The van der Waals surface area contributed by atoms with E-state index in [9.17, 15) is 0 Å². The molecule has 13 heavy (non-hydrogen) atoms. The Balaban J connectivity index is 2.84. The van der Waals surface area contributed by atoms with Crippen LogP contribution in [-0.2, 0) is 0 Å². The van der Waals surface area contributed by atoms with E-state index in [1.807, 2.05) is 6.07 Å². The van der Waals surface area contributed by atoms with E-state index < -0.39 is 0 Å². The highest BCUT2D eigenvalue weighted by atomic mass is 16.3. The lowest BCUT2D eigenvalue weighted by Gasteiger charge is -1.92. The fourth-order valence-corrected chi connectivity index (χ4v) is 0.715. The van der Waals surface area contributed by atoms with Crippen molar-refractivity contribution in [3.05, 3.63) is 17.7 Å². The Morgan fingerprint density at radius 3 is 3.15 bits per heavy atom. The average Bonchev–Trinajstić information content (AvgIpc) is 2.61. The van der Waals surface area contributed by atoms with E-state index >= 15 is 0 Å². The number of imidazole rings is 1. The number of nitriles is 1. The molecule has 4 heteroatoms. The fraction of sp³-hybridized carbons (Fsp3) is 0.333. The van der Waals surface area contributed by atoms with Gasteiger partial charge in [0, 0.05) is 5.92 Å². The van der Waals surface area contributed by atoms with Gasteiger partial charge < -0.3 is 10.1 Å². The highest BCUT2D eigenvalue weighted by Crippen LogP contribution is 1.98. The van der Waals surface area contributed by atoms with Gasteiger partial charge >= 0.3 is 0 Å². The van der Waals surface area contributed by atoms with Gasteiger partial charge in [-0.1, -0.05) is 5.92 Å². The predicted octanol–water partition coefficient (Wildman–Crippen LogP) is 0.261. The van der Waals surface area contributed by atoms with Gasteiger partial charge in [-0.3, -0.25) is 0 Å². The molecule has 0 saturated carbocycles. The largest absolute Gasteiger partial charge is 0.395 e. The van der Waals surface area contributed by atoms with Gasteiger partial charge in [-0.05, 0) is 12.8 Å². The van der Waals surface area contributed by atoms with Crippen molar-refractivity contribution in [3.63, 3.8) is 0 Å². The molecule has 1 rings (SSSR count). The number of nitrogens with one attached hydrogen (secondary N) is 1. The lowest BCUT2D eigenvalue weighted by Crippen LogP contribution is -1.95. The van der Waals surface area contributed by atoms with Gasteiger partial charge in [0.2, 0.25) is 0 Å². The summed E-state index contributed by atoms with van der Waals surface area (Å²) in [6, 6.07) is 1.91. The van der Waals surface area contributed by atoms with Crippen molar-refractivity contribution in [2.75, 3.05) is 6.61 Å². The van der Waals surface area contributed by atoms with Crippen LogP contribution in [0.15, 0.2) is 6.33 Å². The number of nitrogens with zero attached hydrogens (tertiary/aromatic N) is 2. The van der Waals surface area contributed by atoms with Crippen LogP contribution < -0.4 is 0 Å². The van der Waals surface area contributed by atoms with E-state index in [4.69, 9.17) is 10.4 Å². The number of aliphatic hydroxyl groups excluding tert-OH is 1. The molecule has 4 nitrogen and oxygen atoms in total. The summed E-state index contributed by atoms with van der Waals surface area (Å²) in [5.74, 6) is 5.44. The lowest BCUT2D eigenvalue weighted by atomic mass is 10.2. The van der Waals surface area contributed by atoms with Gasteiger partial charge in [0.1, 0.15) is 11.8 Å². The summed E-state index contributed by atoms with van der Waals surface area (Å²) in [4.78, 5) is 6.50. The smallest absolute Gasteiger partial charge is 0.174 e. The third kappa shape index (κ3) is 2.33. The van der Waals surface area contributed by atoms with Crippen LogP contribution in [0.3, 0.4) is 0 Å². The summed E-state index contributed by atoms with van der Waals surface area (Å²) in [6.45, 7) is 1.82. The summed E-state index contributed by atoms with van der Waals surface area (Å²) in [5, 5.41) is 17.3. The SMILES string of the molecule is CC(C#Cc1[nH]cnc1C#N)CO. The number of aromatic nitrogens is 2. The van der Waals surface area contributed by atoms with Crippen LogP contribution in [0.25, 0.3) is 0 Å². The zero-order valence-corrected chi connectivity index (χ0v) is 7.20. The topological polar surface area (TPSA) is 72.7 Å². The van der Waals surface area contributed by atoms with Gasteiger partial charge in [0.25, 0.3) is 0 Å². The molecule has 0 aliphatic rings. The molecule has 0 radical (unpaired) electrons. The van der Waals surface area contributed by atoms with Crippen LogP contribution in [0.1, 0.15) is 18.3 Å².